The molecule has 3 amide bonds. The number of nitrogens with zero attached hydrogens (tertiary/aromatic N) is 4. The number of benzene rings is 1. The van der Waals surface area contributed by atoms with Gasteiger partial charge in [0, 0.05) is 27.3 Å². The molecule has 1 atom stereocenters. The number of hydrogen-bond donors (Lipinski definition) is 4. The number of aromatic amines is 1. The number of halogens is 2. The molecule has 0 spiro atoms. The van der Waals surface area contributed by atoms with Crippen molar-refractivity contribution in [3.8, 4) is 0 Å². The highest BCUT2D eigenvalue weighted by atomic mass is 19.3. The predicted octanol–water partition coefficient (Wildman–Crippen LogP) is 2.98. The van der Waals surface area contributed by atoms with E-state index >= 15 is 0 Å². The molecule has 4 N–H and O–H groups in total. The van der Waals surface area contributed by atoms with E-state index in [2.05, 4.69) is 15.3 Å². The average molecular weight is 589 g/mol. The van der Waals surface area contributed by atoms with E-state index < -0.39 is 40.7 Å². The van der Waals surface area contributed by atoms with Gasteiger partial charge in [-0.05, 0) is 51.0 Å². The second-order valence-corrected chi connectivity index (χ2v) is 10.5. The molecule has 0 fully saturated rings. The van der Waals surface area contributed by atoms with Gasteiger partial charge in [-0.25, -0.2) is 9.78 Å². The SMILES string of the molecule is CN(C)C(=O)/C=C/CC[C@@H](C(=O)Nc1cccn(Cc2nc3c(C(F)(F)C(C)(C)O)cccc3[nH]2)c1=O)N(C)C(=O)O. The standard InChI is InChI=1S/C28H34F2N6O6/c1-27(2,42)28(29,30)17-10-8-11-18-23(17)33-21(31-18)16-36-15-9-12-19(25(36)39)32-24(38)20(35(5)26(40)41)13-6-7-14-22(37)34(3)4/h7-12,14-15,20,42H,6,13,16H2,1-5H3,(H,31,33)(H,32,38)(H,40,41)/b14-7+/t20-/m0/s1. The Hall–Kier alpha value is -4.59. The van der Waals surface area contributed by atoms with Crippen LogP contribution in [-0.2, 0) is 22.1 Å². The molecule has 3 rings (SSSR count). The summed E-state index contributed by atoms with van der Waals surface area (Å²) in [6, 6.07) is 5.79. The fourth-order valence-electron chi connectivity index (χ4n) is 4.10. The molecule has 14 heteroatoms. The van der Waals surface area contributed by atoms with Crippen LogP contribution in [0.4, 0.5) is 19.3 Å². The van der Waals surface area contributed by atoms with Gasteiger partial charge in [0.1, 0.15) is 23.2 Å². The number of fused-ring (bicyclic) bond motifs is 1. The van der Waals surface area contributed by atoms with Gasteiger partial charge in [0.05, 0.1) is 23.1 Å². The molecule has 0 aliphatic rings. The monoisotopic (exact) mass is 588 g/mol. The first-order valence-electron chi connectivity index (χ1n) is 13.0. The fourth-order valence-corrected chi connectivity index (χ4v) is 4.10. The Morgan fingerprint density at radius 1 is 1.17 bits per heavy atom. The number of carbonyl (C=O) groups excluding carboxylic acids is 2. The van der Waals surface area contributed by atoms with Gasteiger partial charge in [-0.1, -0.05) is 18.2 Å². The van der Waals surface area contributed by atoms with Gasteiger partial charge in [0.2, 0.25) is 11.8 Å². The Bertz CT molecular complexity index is 1560. The molecule has 42 heavy (non-hydrogen) atoms. The molecule has 226 valence electrons. The minimum atomic E-state index is -3.61. The summed E-state index contributed by atoms with van der Waals surface area (Å²) < 4.78 is 31.1. The van der Waals surface area contributed by atoms with Crippen LogP contribution in [0.2, 0.25) is 0 Å². The van der Waals surface area contributed by atoms with E-state index in [-0.39, 0.29) is 47.8 Å². The average Bonchev–Trinajstić information content (AvgIpc) is 3.32. The van der Waals surface area contributed by atoms with Crippen LogP contribution < -0.4 is 10.9 Å². The van der Waals surface area contributed by atoms with Crippen molar-refractivity contribution in [3.05, 3.63) is 70.4 Å². The van der Waals surface area contributed by atoms with Gasteiger partial charge in [0.25, 0.3) is 5.56 Å². The van der Waals surface area contributed by atoms with Crippen molar-refractivity contribution in [2.75, 3.05) is 26.5 Å². The molecular weight excluding hydrogens is 554 g/mol. The van der Waals surface area contributed by atoms with E-state index in [1.165, 1.54) is 59.1 Å². The number of nitrogens with one attached hydrogen (secondary N) is 2. The molecule has 0 aliphatic heterocycles. The number of carboxylic acid groups (broad SMARTS) is 1. The molecule has 0 saturated heterocycles. The number of pyridine rings is 1. The highest BCUT2D eigenvalue weighted by Crippen LogP contribution is 2.41. The number of aromatic nitrogens is 3. The summed E-state index contributed by atoms with van der Waals surface area (Å²) in [4.78, 5) is 58.9. The van der Waals surface area contributed by atoms with Crippen LogP contribution in [0.1, 0.15) is 38.1 Å². The van der Waals surface area contributed by atoms with Gasteiger partial charge < -0.3 is 30.0 Å². The summed E-state index contributed by atoms with van der Waals surface area (Å²) in [5, 5.41) is 22.0. The quantitative estimate of drug-likeness (QED) is 0.251. The number of hydrogen-bond acceptors (Lipinski definition) is 6. The number of allylic oxidation sites excluding steroid dienone is 1. The number of aliphatic hydroxyl groups is 1. The molecule has 0 saturated carbocycles. The van der Waals surface area contributed by atoms with Crippen LogP contribution >= 0.6 is 0 Å². The molecule has 3 aromatic rings. The van der Waals surface area contributed by atoms with Gasteiger partial charge in [-0.15, -0.1) is 0 Å². The zero-order chi connectivity index (χ0) is 31.4. The van der Waals surface area contributed by atoms with Crippen LogP contribution in [0.25, 0.3) is 11.0 Å². The van der Waals surface area contributed by atoms with Crippen molar-refractivity contribution in [1.29, 1.82) is 0 Å². The minimum Gasteiger partial charge on any atom is -0.465 e. The topological polar surface area (TPSA) is 161 Å². The maximum atomic E-state index is 14.9. The highest BCUT2D eigenvalue weighted by Gasteiger charge is 2.48. The van der Waals surface area contributed by atoms with Crippen molar-refractivity contribution in [2.24, 2.45) is 0 Å². The summed E-state index contributed by atoms with van der Waals surface area (Å²) in [6.45, 7) is 1.84. The summed E-state index contributed by atoms with van der Waals surface area (Å²) in [5.41, 5.74) is -3.37. The lowest BCUT2D eigenvalue weighted by Gasteiger charge is -2.29. The number of imidazole rings is 1. The zero-order valence-corrected chi connectivity index (χ0v) is 23.9. The molecule has 1 aromatic carbocycles. The third-order valence-electron chi connectivity index (χ3n) is 6.65. The number of likely N-dealkylation sites (N-methyl/N-ethyl adjacent to an activating group) is 2. The molecule has 0 radical (unpaired) electrons. The molecule has 2 aromatic heterocycles. The maximum absolute atomic E-state index is 14.9. The van der Waals surface area contributed by atoms with Gasteiger partial charge in [-0.3, -0.25) is 19.3 Å². The number of para-hydroxylation sites is 1. The van der Waals surface area contributed by atoms with E-state index in [9.17, 15) is 38.2 Å². The zero-order valence-electron chi connectivity index (χ0n) is 23.9. The molecule has 0 bridgehead atoms. The van der Waals surface area contributed by atoms with Crippen molar-refractivity contribution in [1.82, 2.24) is 24.3 Å². The van der Waals surface area contributed by atoms with Crippen molar-refractivity contribution >= 4 is 34.6 Å². The van der Waals surface area contributed by atoms with Crippen molar-refractivity contribution < 1.29 is 33.4 Å². The molecular formula is C28H34F2N6O6. The Morgan fingerprint density at radius 3 is 2.48 bits per heavy atom. The summed E-state index contributed by atoms with van der Waals surface area (Å²) in [6.07, 6.45) is 3.18. The Morgan fingerprint density at radius 2 is 1.86 bits per heavy atom. The van der Waals surface area contributed by atoms with Crippen LogP contribution in [0.3, 0.4) is 0 Å². The normalized spacial score (nSPS) is 12.9. The van der Waals surface area contributed by atoms with Gasteiger partial charge >= 0.3 is 12.0 Å². The summed E-state index contributed by atoms with van der Waals surface area (Å²) >= 11 is 0. The van der Waals surface area contributed by atoms with Crippen molar-refractivity contribution in [2.45, 2.75) is 50.8 Å². The van der Waals surface area contributed by atoms with Gasteiger partial charge in [0.15, 0.2) is 0 Å². The molecule has 0 aliphatic carbocycles. The van der Waals surface area contributed by atoms with E-state index in [0.717, 1.165) is 18.7 Å². The largest absolute Gasteiger partial charge is 0.465 e. The number of amides is 3. The Labute approximate surface area is 240 Å². The summed E-state index contributed by atoms with van der Waals surface area (Å²) in [7, 11) is 4.38. The molecule has 0 unspecified atom stereocenters. The van der Waals surface area contributed by atoms with E-state index in [0.29, 0.717) is 0 Å². The number of H-pyrrole nitrogens is 1. The predicted molar refractivity (Wildman–Crippen MR) is 151 cm³/mol. The first-order chi connectivity index (χ1) is 19.5. The molecule has 2 heterocycles. The lowest BCUT2D eigenvalue weighted by Crippen LogP contribution is -2.45. The number of rotatable bonds is 11. The fraction of sp³-hybridized carbons (Fsp3) is 0.393. The molecule has 12 nitrogen and oxygen atoms in total. The van der Waals surface area contributed by atoms with E-state index in [1.807, 2.05) is 0 Å². The van der Waals surface area contributed by atoms with E-state index in [1.54, 1.807) is 20.2 Å². The van der Waals surface area contributed by atoms with Crippen LogP contribution in [-0.4, -0.2) is 85.2 Å². The Balaban J connectivity index is 1.84. The highest BCUT2D eigenvalue weighted by molar-refractivity contribution is 5.96. The van der Waals surface area contributed by atoms with Crippen LogP contribution in [0.15, 0.2) is 53.5 Å². The third-order valence-corrected chi connectivity index (χ3v) is 6.65. The van der Waals surface area contributed by atoms with Crippen molar-refractivity contribution in [3.63, 3.8) is 0 Å². The van der Waals surface area contributed by atoms with Crippen LogP contribution in [0.5, 0.6) is 0 Å². The Kier molecular flexibility index (Phi) is 9.51. The second kappa shape index (κ2) is 12.5. The number of alkyl halides is 2. The lowest BCUT2D eigenvalue weighted by atomic mass is 9.92. The van der Waals surface area contributed by atoms with E-state index in [4.69, 9.17) is 0 Å². The minimum absolute atomic E-state index is 0.0451. The first kappa shape index (κ1) is 31.9. The van der Waals surface area contributed by atoms with Gasteiger partial charge in [-0.2, -0.15) is 8.78 Å². The second-order valence-electron chi connectivity index (χ2n) is 10.5. The smallest absolute Gasteiger partial charge is 0.407 e. The lowest BCUT2D eigenvalue weighted by molar-refractivity contribution is -0.167. The summed E-state index contributed by atoms with van der Waals surface area (Å²) in [5.74, 6) is -4.45. The van der Waals surface area contributed by atoms with Crippen LogP contribution in [0, 0.1) is 0 Å². The number of carbonyl (C=O) groups is 3. The first-order valence-corrected chi connectivity index (χ1v) is 13.0. The third kappa shape index (κ3) is 7.00. The number of anilines is 1. The maximum Gasteiger partial charge on any atom is 0.407 e.